The number of H-pyrrole nitrogens is 1. The third-order valence-electron chi connectivity index (χ3n) is 4.72. The number of aromatic nitrogens is 1. The number of nitrogens with one attached hydrogen (secondary N) is 1. The van der Waals surface area contributed by atoms with Crippen molar-refractivity contribution >= 4 is 32.8 Å². The predicted octanol–water partition coefficient (Wildman–Crippen LogP) is 3.28. The second-order valence-corrected chi connectivity index (χ2v) is 6.80. The first-order valence-corrected chi connectivity index (χ1v) is 8.00. The van der Waals surface area contributed by atoms with Crippen molar-refractivity contribution in [1.82, 2.24) is 4.98 Å². The zero-order chi connectivity index (χ0) is 14.6. The van der Waals surface area contributed by atoms with Crippen molar-refractivity contribution in [2.24, 2.45) is 5.92 Å². The fraction of sp³-hybridized carbons (Fsp3) is 0.438. The van der Waals surface area contributed by atoms with Crippen LogP contribution in [0.1, 0.15) is 24.6 Å². The molecule has 3 heterocycles. The molecule has 1 aromatic carbocycles. The molecule has 110 valence electrons. The highest BCUT2D eigenvalue weighted by molar-refractivity contribution is 9.10. The van der Waals surface area contributed by atoms with Gasteiger partial charge in [-0.3, -0.25) is 4.79 Å². The topological polar surface area (TPSA) is 51.3 Å². The molecular weight excluding hydrogens is 334 g/mol. The van der Waals surface area contributed by atoms with E-state index in [1.54, 1.807) is 0 Å². The zero-order valence-corrected chi connectivity index (χ0v) is 13.3. The van der Waals surface area contributed by atoms with Gasteiger partial charge in [-0.05, 0) is 43.5 Å². The number of aromatic amines is 1. The first-order chi connectivity index (χ1) is 10.1. The van der Waals surface area contributed by atoms with E-state index in [-0.39, 0.29) is 11.9 Å². The van der Waals surface area contributed by atoms with Gasteiger partial charge in [0.25, 0.3) is 0 Å². The molecule has 0 spiro atoms. The number of hydrogen-bond donors (Lipinski definition) is 1. The highest BCUT2D eigenvalue weighted by atomic mass is 79.9. The van der Waals surface area contributed by atoms with Gasteiger partial charge in [0.2, 0.25) is 0 Å². The Labute approximate surface area is 130 Å². The lowest BCUT2D eigenvalue weighted by atomic mass is 9.81. The summed E-state index contributed by atoms with van der Waals surface area (Å²) in [6.45, 7) is 3.13. The quantitative estimate of drug-likeness (QED) is 0.803. The third-order valence-corrected chi connectivity index (χ3v) is 5.21. The van der Waals surface area contributed by atoms with Gasteiger partial charge in [0.05, 0.1) is 24.8 Å². The van der Waals surface area contributed by atoms with Gasteiger partial charge in [-0.25, -0.2) is 0 Å². The smallest absolute Gasteiger partial charge is 0.312 e. The molecule has 0 radical (unpaired) electrons. The Kier molecular flexibility index (Phi) is 2.91. The number of cyclic esters (lactones) is 1. The Morgan fingerprint density at radius 3 is 3.00 bits per heavy atom. The van der Waals surface area contributed by atoms with E-state index in [1.807, 2.05) is 13.0 Å². The molecule has 1 fully saturated rings. The number of carbonyl (C=O) groups is 1. The zero-order valence-electron chi connectivity index (χ0n) is 11.7. The Morgan fingerprint density at radius 2 is 2.24 bits per heavy atom. The fourth-order valence-corrected chi connectivity index (χ4v) is 3.97. The van der Waals surface area contributed by atoms with Gasteiger partial charge < -0.3 is 14.5 Å². The molecule has 21 heavy (non-hydrogen) atoms. The van der Waals surface area contributed by atoms with Crippen molar-refractivity contribution in [2.45, 2.75) is 25.4 Å². The Hall–Kier alpha value is -1.33. The van der Waals surface area contributed by atoms with Gasteiger partial charge in [-0.2, -0.15) is 0 Å². The third kappa shape index (κ3) is 1.87. The Bertz CT molecular complexity index is 738. The molecule has 1 saturated heterocycles. The first-order valence-electron chi connectivity index (χ1n) is 7.21. The largest absolute Gasteiger partial charge is 0.465 e. The molecule has 1 aromatic heterocycles. The molecular formula is C16H16BrNO3. The van der Waals surface area contributed by atoms with Crippen LogP contribution in [0.2, 0.25) is 0 Å². The van der Waals surface area contributed by atoms with Crippen molar-refractivity contribution in [3.63, 3.8) is 0 Å². The summed E-state index contributed by atoms with van der Waals surface area (Å²) in [6, 6.07) is 6.21. The van der Waals surface area contributed by atoms with Crippen LogP contribution in [0.15, 0.2) is 22.7 Å². The van der Waals surface area contributed by atoms with E-state index in [2.05, 4.69) is 33.0 Å². The van der Waals surface area contributed by atoms with E-state index in [9.17, 15) is 4.79 Å². The lowest BCUT2D eigenvalue weighted by molar-refractivity contribution is -0.154. The summed E-state index contributed by atoms with van der Waals surface area (Å²) in [4.78, 5) is 15.5. The predicted molar refractivity (Wildman–Crippen MR) is 82.1 cm³/mol. The van der Waals surface area contributed by atoms with Gasteiger partial charge in [-0.1, -0.05) is 15.9 Å². The molecule has 0 bridgehead atoms. The van der Waals surface area contributed by atoms with Crippen LogP contribution in [0.4, 0.5) is 0 Å². The van der Waals surface area contributed by atoms with Gasteiger partial charge in [0.1, 0.15) is 5.60 Å². The summed E-state index contributed by atoms with van der Waals surface area (Å²) in [6.07, 6.45) is 1.58. The maximum Gasteiger partial charge on any atom is 0.312 e. The average molecular weight is 350 g/mol. The number of benzene rings is 1. The Morgan fingerprint density at radius 1 is 1.38 bits per heavy atom. The van der Waals surface area contributed by atoms with Crippen molar-refractivity contribution in [3.8, 4) is 0 Å². The van der Waals surface area contributed by atoms with Crippen molar-refractivity contribution in [3.05, 3.63) is 33.9 Å². The summed E-state index contributed by atoms with van der Waals surface area (Å²) in [7, 11) is 0. The van der Waals surface area contributed by atoms with E-state index in [4.69, 9.17) is 9.47 Å². The summed E-state index contributed by atoms with van der Waals surface area (Å²) >= 11 is 3.53. The first kappa shape index (κ1) is 13.3. The number of hydrogen-bond acceptors (Lipinski definition) is 3. The second-order valence-electron chi connectivity index (χ2n) is 5.88. The van der Waals surface area contributed by atoms with Crippen molar-refractivity contribution in [1.29, 1.82) is 0 Å². The summed E-state index contributed by atoms with van der Waals surface area (Å²) < 4.78 is 12.3. The molecule has 4 rings (SSSR count). The fourth-order valence-electron chi connectivity index (χ4n) is 3.61. The number of esters is 1. The number of carbonyl (C=O) groups excluding carboxylic acids is 1. The van der Waals surface area contributed by atoms with Crippen LogP contribution in [0.25, 0.3) is 10.9 Å². The van der Waals surface area contributed by atoms with Crippen molar-refractivity contribution in [2.75, 3.05) is 13.2 Å². The monoisotopic (exact) mass is 349 g/mol. The minimum Gasteiger partial charge on any atom is -0.465 e. The van der Waals surface area contributed by atoms with Gasteiger partial charge in [0.15, 0.2) is 0 Å². The molecule has 2 unspecified atom stereocenters. The summed E-state index contributed by atoms with van der Waals surface area (Å²) in [5.74, 6) is -0.377. The van der Waals surface area contributed by atoms with Gasteiger partial charge >= 0.3 is 5.97 Å². The summed E-state index contributed by atoms with van der Waals surface area (Å²) in [5.41, 5.74) is 2.77. The number of rotatable bonds is 1. The van der Waals surface area contributed by atoms with Gasteiger partial charge in [0, 0.05) is 15.4 Å². The molecule has 5 heteroatoms. The molecule has 0 aliphatic carbocycles. The van der Waals surface area contributed by atoms with E-state index in [0.29, 0.717) is 19.6 Å². The highest BCUT2D eigenvalue weighted by Gasteiger charge is 2.49. The van der Waals surface area contributed by atoms with Crippen LogP contribution in [0.5, 0.6) is 0 Å². The highest BCUT2D eigenvalue weighted by Crippen LogP contribution is 2.44. The minimum absolute atomic E-state index is 0.148. The lowest BCUT2D eigenvalue weighted by Gasteiger charge is -2.37. The minimum atomic E-state index is -0.618. The van der Waals surface area contributed by atoms with E-state index >= 15 is 0 Å². The van der Waals surface area contributed by atoms with Crippen molar-refractivity contribution < 1.29 is 14.3 Å². The maximum absolute atomic E-state index is 12.0. The van der Waals surface area contributed by atoms with Crippen LogP contribution in [-0.2, 0) is 26.3 Å². The normalized spacial score (nSPS) is 28.7. The van der Waals surface area contributed by atoms with Gasteiger partial charge in [-0.15, -0.1) is 0 Å². The SMILES string of the molecule is CC1(C2CCOC2=O)OCCc2c1[nH]c1ccc(Br)cc21. The maximum atomic E-state index is 12.0. The number of halogens is 1. The van der Waals surface area contributed by atoms with Crippen LogP contribution < -0.4 is 0 Å². The lowest BCUT2D eigenvalue weighted by Crippen LogP contribution is -2.41. The van der Waals surface area contributed by atoms with Crippen LogP contribution >= 0.6 is 15.9 Å². The van der Waals surface area contributed by atoms with Crippen LogP contribution in [0, 0.1) is 5.92 Å². The Balaban J connectivity index is 1.91. The van der Waals surface area contributed by atoms with Crippen LogP contribution in [-0.4, -0.2) is 24.2 Å². The molecule has 0 saturated carbocycles. The second kappa shape index (κ2) is 4.58. The summed E-state index contributed by atoms with van der Waals surface area (Å²) in [5, 5.41) is 1.21. The molecule has 2 aliphatic heterocycles. The molecule has 4 nitrogen and oxygen atoms in total. The van der Waals surface area contributed by atoms with E-state index < -0.39 is 5.60 Å². The molecule has 2 atom stereocenters. The van der Waals surface area contributed by atoms with E-state index in [1.165, 1.54) is 10.9 Å². The standard InChI is InChI=1S/C16H16BrNO3/c1-16(12-5-6-20-15(12)19)14-10(4-7-21-16)11-8-9(17)2-3-13(11)18-14/h2-3,8,12,18H,4-7H2,1H3. The van der Waals surface area contributed by atoms with E-state index in [0.717, 1.165) is 22.1 Å². The molecule has 1 N–H and O–H groups in total. The number of fused-ring (bicyclic) bond motifs is 3. The molecule has 2 aliphatic rings. The average Bonchev–Trinajstić information content (AvgIpc) is 3.04. The molecule has 2 aromatic rings. The van der Waals surface area contributed by atoms with Crippen LogP contribution in [0.3, 0.4) is 0 Å². The number of ether oxygens (including phenoxy) is 2. The molecule has 0 amide bonds.